The minimum Gasteiger partial charge on any atom is -0.437 e. The number of aliphatic hydroxyl groups excluding tert-OH is 3. The van der Waals surface area contributed by atoms with Gasteiger partial charge in [0, 0.05) is 56.4 Å². The highest BCUT2D eigenvalue weighted by Crippen LogP contribution is 2.55. The van der Waals surface area contributed by atoms with Gasteiger partial charge in [0.2, 0.25) is 40.4 Å². The molecular weight excluding hydrogens is 1220 g/mol. The van der Waals surface area contributed by atoms with E-state index in [9.17, 15) is 58.5 Å². The number of ketones is 4. The van der Waals surface area contributed by atoms with Crippen LogP contribution >= 0.6 is 0 Å². The molecule has 94 heavy (non-hydrogen) atoms. The summed E-state index contributed by atoms with van der Waals surface area (Å²) in [6, 6.07) is 8.50. The zero-order valence-corrected chi connectivity index (χ0v) is 52.0. The zero-order chi connectivity index (χ0) is 67.7. The molecule has 0 unspecified atom stereocenters. The number of nitrogens with zero attached hydrogens (tertiary/aromatic N) is 4. The Labute approximate surface area is 542 Å². The van der Waals surface area contributed by atoms with Gasteiger partial charge in [-0.25, -0.2) is 4.79 Å². The average molecular weight is 1300 g/mol. The van der Waals surface area contributed by atoms with Crippen LogP contribution in [0.2, 0.25) is 0 Å². The van der Waals surface area contributed by atoms with Crippen LogP contribution in [0.1, 0.15) is 121 Å². The first-order chi connectivity index (χ1) is 44.9. The van der Waals surface area contributed by atoms with E-state index in [1.54, 1.807) is 30.3 Å². The Morgan fingerprint density at radius 2 is 0.926 bits per heavy atom. The minimum atomic E-state index is -2.15. The summed E-state index contributed by atoms with van der Waals surface area (Å²) in [5.74, 6) is 4.68. The Kier molecular flexibility index (Phi) is 20.0. The van der Waals surface area contributed by atoms with Crippen molar-refractivity contribution in [1.29, 1.82) is 0 Å². The van der Waals surface area contributed by atoms with Crippen LogP contribution < -0.4 is 0 Å². The van der Waals surface area contributed by atoms with Gasteiger partial charge in [0.05, 0.1) is 56.7 Å². The number of benzene rings is 1. The summed E-state index contributed by atoms with van der Waals surface area (Å²) in [6.45, 7) is 4.91. The van der Waals surface area contributed by atoms with Crippen molar-refractivity contribution in [2.45, 2.75) is 212 Å². The van der Waals surface area contributed by atoms with Gasteiger partial charge in [0.25, 0.3) is 0 Å². The molecule has 4 N–H and O–H groups in total. The fourth-order valence-corrected chi connectivity index (χ4v) is 13.9. The number of ether oxygens (including phenoxy) is 9. The maximum Gasteiger partial charge on any atom is 0.339 e. The van der Waals surface area contributed by atoms with Crippen LogP contribution in [0.5, 0.6) is 0 Å². The lowest BCUT2D eigenvalue weighted by Crippen LogP contribution is -2.55. The minimum absolute atomic E-state index is 0.176. The Morgan fingerprint density at radius 3 is 1.31 bits per heavy atom. The number of allylic oxidation sites excluding steroid dienone is 4. The van der Waals surface area contributed by atoms with Gasteiger partial charge in [-0.2, -0.15) is 0 Å². The summed E-state index contributed by atoms with van der Waals surface area (Å²) in [5.41, 5.74) is -5.68. The lowest BCUT2D eigenvalue weighted by atomic mass is 9.85. The molecular formula is C68H74N4O22. The van der Waals surface area contributed by atoms with Gasteiger partial charge < -0.3 is 63.1 Å². The molecule has 1 aromatic carbocycles. The zero-order valence-electron chi connectivity index (χ0n) is 52.0. The van der Waals surface area contributed by atoms with Crippen molar-refractivity contribution < 1.29 is 106 Å². The van der Waals surface area contributed by atoms with Crippen molar-refractivity contribution in [2.75, 3.05) is 13.2 Å². The Morgan fingerprint density at radius 1 is 0.543 bits per heavy atom. The molecule has 1 aromatic rings. The van der Waals surface area contributed by atoms with Crippen molar-refractivity contribution >= 4 is 52.7 Å². The summed E-state index contributed by atoms with van der Waals surface area (Å²) in [6.07, 6.45) is 31.6. The number of hydrogen-bond donors (Lipinski definition) is 4. The third-order valence-corrected chi connectivity index (χ3v) is 18.9. The second-order valence-corrected chi connectivity index (χ2v) is 24.6. The molecule has 2 aliphatic carbocycles. The SMILES string of the molecule is C#C[C@@]1(O)[C@H](O)[C@@H](CO)O[C@H]1N1C=CC(=O)CC1=O.C#C[C@@]1(OC(=O)c2ccccc2)[C@H](C)[C@@H](CC)O[C@H]1N1C=CC(=O)CC1=O.C#C[C@@]12OC3(CCCC3)O[C@@H]1[C@@H](CC)O[C@H]2N1C=CC(=O)CC1=O.C#C[C@@]12OC3(CCCC3)O[C@@H]1[C@@H](CO)O[C@H]2N1C=CC(=O)CC1=O. The number of carbonyl (C=O) groups is 9. The van der Waals surface area contributed by atoms with Gasteiger partial charge in [0.1, 0.15) is 30.5 Å². The standard InChI is InChI=1S/C21H21NO5.C18H21NO5.C17H19NO6.C12H13NO6/c1-4-17-14(3)21(5-2,27-19(25)15-9-7-6-8-10-15)20(26-17)22-12-11-16(23)13-18(22)24;1-3-13-15-18(4-2,24-17(23-15)8-5-6-9-17)16(22-13)19-10-7-12(20)11-14(19)21;1-2-17-14(23-16(24-17)6-3-4-7-16)12(10-19)22-15(17)18-8-5-11(20)9-13(18)21;1-2-12(18)10(17)8(6-14)19-11(12)13-4-3-7(15)5-9(13)16/h2,6-12,14,17,20H,4,13H2,1,3H3;2,7,10,13,15-16H,3,5-6,8-9,11H2,1H3;1,5,8,12,14-15,19H,3-4,6-7,9-10H2;1,3-4,8,10-11,14,17-18H,5-6H2/t14-,17-,20-,21-;13-,15-,16-,18-;12-,14-,15-,17-;8-,10-,11-,12-/m1111/s1. The molecule has 6 saturated heterocycles. The molecule has 0 aromatic heterocycles. The van der Waals surface area contributed by atoms with Crippen LogP contribution in [0.15, 0.2) is 79.4 Å². The summed E-state index contributed by atoms with van der Waals surface area (Å²) < 4.78 is 54.0. The first-order valence-corrected chi connectivity index (χ1v) is 31.2. The van der Waals surface area contributed by atoms with E-state index in [2.05, 4.69) is 17.8 Å². The van der Waals surface area contributed by atoms with Crippen LogP contribution in [0.25, 0.3) is 0 Å². The molecule has 4 amide bonds. The number of hydrogen-bond acceptors (Lipinski definition) is 22. The first kappa shape index (κ1) is 68.8. The van der Waals surface area contributed by atoms with Crippen molar-refractivity contribution in [1.82, 2.24) is 19.6 Å². The number of carbonyl (C=O) groups excluding carboxylic acids is 9. The van der Waals surface area contributed by atoms with E-state index in [-0.39, 0.29) is 79.5 Å². The predicted molar refractivity (Wildman–Crippen MR) is 322 cm³/mol. The fourth-order valence-electron chi connectivity index (χ4n) is 13.9. The molecule has 8 fully saturated rings. The molecule has 498 valence electrons. The molecule has 2 saturated carbocycles. The van der Waals surface area contributed by atoms with E-state index in [1.165, 1.54) is 51.5 Å². The van der Waals surface area contributed by atoms with E-state index < -0.39 is 120 Å². The normalized spacial score (nSPS) is 37.1. The van der Waals surface area contributed by atoms with Gasteiger partial charge >= 0.3 is 5.97 Å². The van der Waals surface area contributed by atoms with E-state index in [4.69, 9.17) is 73.4 Å². The second-order valence-electron chi connectivity index (χ2n) is 24.6. The lowest BCUT2D eigenvalue weighted by Gasteiger charge is -2.37. The van der Waals surface area contributed by atoms with Crippen LogP contribution in [0.4, 0.5) is 0 Å². The van der Waals surface area contributed by atoms with Gasteiger partial charge in [-0.05, 0) is 75.0 Å². The summed E-state index contributed by atoms with van der Waals surface area (Å²) in [4.78, 5) is 112. The highest BCUT2D eigenvalue weighted by Gasteiger charge is 2.71. The second kappa shape index (κ2) is 27.4. The third kappa shape index (κ3) is 12.3. The fraction of sp³-hybridized carbons (Fsp3) is 0.544. The molecule has 13 rings (SSSR count). The summed E-state index contributed by atoms with van der Waals surface area (Å²) >= 11 is 0. The number of esters is 1. The Bertz CT molecular complexity index is 3380. The maximum atomic E-state index is 12.7. The third-order valence-electron chi connectivity index (χ3n) is 18.9. The number of fused-ring (bicyclic) bond motifs is 2. The lowest BCUT2D eigenvalue weighted by molar-refractivity contribution is -0.230. The molecule has 26 heteroatoms. The smallest absolute Gasteiger partial charge is 0.339 e. The summed E-state index contributed by atoms with van der Waals surface area (Å²) in [7, 11) is 0. The van der Waals surface area contributed by atoms with Crippen molar-refractivity contribution in [3.63, 3.8) is 0 Å². The average Bonchev–Trinajstić information content (AvgIpc) is 1.56. The topological polar surface area (TPSA) is 331 Å². The van der Waals surface area contributed by atoms with E-state index in [0.717, 1.165) is 68.5 Å². The summed E-state index contributed by atoms with van der Waals surface area (Å²) in [5, 5.41) is 38.8. The Balaban J connectivity index is 0.000000138. The first-order valence-electron chi connectivity index (χ1n) is 31.2. The largest absolute Gasteiger partial charge is 0.437 e. The molecule has 16 atom stereocenters. The number of amides is 4. The van der Waals surface area contributed by atoms with Crippen LogP contribution in [0, 0.1) is 55.3 Å². The number of terminal acetylenes is 4. The van der Waals surface area contributed by atoms with Crippen LogP contribution in [-0.2, 0) is 81.0 Å². The van der Waals surface area contributed by atoms with E-state index in [0.29, 0.717) is 18.4 Å². The van der Waals surface area contributed by atoms with Crippen molar-refractivity contribution in [3.05, 3.63) is 85.0 Å². The van der Waals surface area contributed by atoms with E-state index in [1.807, 2.05) is 26.7 Å². The Hall–Kier alpha value is -8.03. The van der Waals surface area contributed by atoms with Gasteiger partial charge in [-0.3, -0.25) is 58.0 Å². The van der Waals surface area contributed by atoms with Crippen molar-refractivity contribution in [3.8, 4) is 49.4 Å². The predicted octanol–water partition coefficient (Wildman–Crippen LogP) is 1.62. The quantitative estimate of drug-likeness (QED) is 0.147. The monoisotopic (exact) mass is 1300 g/mol. The van der Waals surface area contributed by atoms with Gasteiger partial charge in [0.15, 0.2) is 65.2 Å². The van der Waals surface area contributed by atoms with E-state index >= 15 is 0 Å². The molecule has 2 spiro atoms. The molecule has 12 aliphatic rings. The highest BCUT2D eigenvalue weighted by atomic mass is 16.8. The molecule has 10 heterocycles. The van der Waals surface area contributed by atoms with Crippen LogP contribution in [-0.4, -0.2) is 208 Å². The number of aliphatic hydroxyl groups is 4. The maximum absolute atomic E-state index is 12.7. The van der Waals surface area contributed by atoms with Gasteiger partial charge in [-0.15, -0.1) is 25.7 Å². The molecule has 0 radical (unpaired) electrons. The molecule has 26 nitrogen and oxygen atoms in total. The highest BCUT2D eigenvalue weighted by molar-refractivity contribution is 6.08. The molecule has 0 bridgehead atoms. The molecule has 10 aliphatic heterocycles. The number of rotatable bonds is 10. The van der Waals surface area contributed by atoms with Crippen molar-refractivity contribution in [2.24, 2.45) is 5.92 Å². The van der Waals surface area contributed by atoms with Crippen LogP contribution in [0.3, 0.4) is 0 Å². The van der Waals surface area contributed by atoms with Gasteiger partial charge in [-0.1, -0.05) is 62.7 Å².